The Bertz CT molecular complexity index is 465. The summed E-state index contributed by atoms with van der Waals surface area (Å²) in [6.07, 6.45) is 2.74. The molecular weight excluding hydrogens is 242 g/mol. The molecule has 0 bridgehead atoms. The minimum Gasteiger partial charge on any atom is -0.469 e. The first-order valence-corrected chi connectivity index (χ1v) is 6.89. The second-order valence-electron chi connectivity index (χ2n) is 5.40. The molecule has 1 aliphatic carbocycles. The Hall–Kier alpha value is -1.36. The molecule has 0 saturated heterocycles. The predicted octanol–water partition coefficient (Wildman–Crippen LogP) is 1.28. The molecule has 2 N–H and O–H groups in total. The van der Waals surface area contributed by atoms with Crippen LogP contribution in [0.3, 0.4) is 0 Å². The van der Waals surface area contributed by atoms with Gasteiger partial charge in [0.2, 0.25) is 0 Å². The average molecular weight is 265 g/mol. The van der Waals surface area contributed by atoms with E-state index in [1.165, 1.54) is 7.11 Å². The van der Waals surface area contributed by atoms with E-state index in [9.17, 15) is 4.79 Å². The number of aromatic nitrogens is 2. The van der Waals surface area contributed by atoms with Crippen LogP contribution in [-0.2, 0) is 22.5 Å². The summed E-state index contributed by atoms with van der Waals surface area (Å²) in [5, 5.41) is 4.44. The van der Waals surface area contributed by atoms with Crippen LogP contribution in [0.2, 0.25) is 0 Å². The van der Waals surface area contributed by atoms with Gasteiger partial charge in [-0.3, -0.25) is 9.48 Å². The lowest BCUT2D eigenvalue weighted by Gasteiger charge is -2.29. The van der Waals surface area contributed by atoms with Crippen molar-refractivity contribution >= 4 is 5.97 Å². The smallest absolute Gasteiger partial charge is 0.313 e. The van der Waals surface area contributed by atoms with Crippen molar-refractivity contribution in [1.29, 1.82) is 0 Å². The summed E-state index contributed by atoms with van der Waals surface area (Å²) in [5.41, 5.74) is 7.41. The second kappa shape index (κ2) is 5.33. The number of carbonyl (C=O) groups is 1. The highest BCUT2D eigenvalue weighted by Gasteiger charge is 2.51. The number of esters is 1. The van der Waals surface area contributed by atoms with Crippen molar-refractivity contribution in [2.24, 2.45) is 17.1 Å². The number of hydrogen-bond donors (Lipinski definition) is 1. The maximum atomic E-state index is 12.2. The Morgan fingerprint density at radius 3 is 2.79 bits per heavy atom. The van der Waals surface area contributed by atoms with Crippen molar-refractivity contribution in [3.63, 3.8) is 0 Å². The van der Waals surface area contributed by atoms with E-state index in [0.717, 1.165) is 30.8 Å². The standard InChI is InChI=1S/C14H23N3O2/c1-4-17-12(7-10(2)16-17)8-14(9-15,11-5-6-11)13(18)19-3/h7,11H,4-6,8-9,15H2,1-3H3. The van der Waals surface area contributed by atoms with Crippen molar-refractivity contribution in [2.45, 2.75) is 39.7 Å². The number of ether oxygens (including phenoxy) is 1. The van der Waals surface area contributed by atoms with Crippen LogP contribution in [0.4, 0.5) is 0 Å². The maximum Gasteiger partial charge on any atom is 0.313 e. The molecule has 0 aromatic carbocycles. The highest BCUT2D eigenvalue weighted by Crippen LogP contribution is 2.47. The molecule has 0 spiro atoms. The van der Waals surface area contributed by atoms with Crippen molar-refractivity contribution in [3.05, 3.63) is 17.5 Å². The molecule has 0 aliphatic heterocycles. The van der Waals surface area contributed by atoms with Gasteiger partial charge in [0, 0.05) is 25.2 Å². The SMILES string of the molecule is CCn1nc(C)cc1CC(CN)(C(=O)OC)C1CC1. The predicted molar refractivity (Wildman–Crippen MR) is 72.6 cm³/mol. The Morgan fingerprint density at radius 2 is 2.32 bits per heavy atom. The van der Waals surface area contributed by atoms with E-state index in [1.54, 1.807) is 0 Å². The summed E-state index contributed by atoms with van der Waals surface area (Å²) < 4.78 is 6.96. The first-order chi connectivity index (χ1) is 9.07. The van der Waals surface area contributed by atoms with Gasteiger partial charge >= 0.3 is 5.97 Å². The Morgan fingerprint density at radius 1 is 1.63 bits per heavy atom. The van der Waals surface area contributed by atoms with Gasteiger partial charge in [-0.2, -0.15) is 5.10 Å². The van der Waals surface area contributed by atoms with E-state index < -0.39 is 5.41 Å². The second-order valence-corrected chi connectivity index (χ2v) is 5.40. The van der Waals surface area contributed by atoms with E-state index in [2.05, 4.69) is 12.0 Å². The number of nitrogens with zero attached hydrogens (tertiary/aromatic N) is 2. The van der Waals surface area contributed by atoms with Gasteiger partial charge in [-0.25, -0.2) is 0 Å². The zero-order valence-corrected chi connectivity index (χ0v) is 12.0. The van der Waals surface area contributed by atoms with E-state index >= 15 is 0 Å². The monoisotopic (exact) mass is 265 g/mol. The number of rotatable bonds is 6. The molecule has 1 aromatic rings. The summed E-state index contributed by atoms with van der Waals surface area (Å²) in [4.78, 5) is 12.2. The zero-order chi connectivity index (χ0) is 14.0. The summed E-state index contributed by atoms with van der Waals surface area (Å²) in [5.74, 6) is 0.171. The number of hydrogen-bond acceptors (Lipinski definition) is 4. The molecule has 0 amide bonds. The first kappa shape index (κ1) is 14.1. The highest BCUT2D eigenvalue weighted by atomic mass is 16.5. The third kappa shape index (κ3) is 2.52. The van der Waals surface area contributed by atoms with Crippen molar-refractivity contribution in [2.75, 3.05) is 13.7 Å². The Labute approximate surface area is 114 Å². The highest BCUT2D eigenvalue weighted by molar-refractivity contribution is 5.78. The normalized spacial score (nSPS) is 18.1. The third-order valence-electron chi connectivity index (χ3n) is 4.10. The van der Waals surface area contributed by atoms with Gasteiger partial charge in [0.15, 0.2) is 0 Å². The van der Waals surface area contributed by atoms with Crippen LogP contribution in [0.1, 0.15) is 31.2 Å². The number of carbonyl (C=O) groups excluding carboxylic acids is 1. The Balaban J connectivity index is 2.31. The van der Waals surface area contributed by atoms with E-state index in [0.29, 0.717) is 18.9 Å². The van der Waals surface area contributed by atoms with Crippen LogP contribution in [0.15, 0.2) is 6.07 Å². The molecule has 1 atom stereocenters. The largest absolute Gasteiger partial charge is 0.469 e. The van der Waals surface area contributed by atoms with Crippen molar-refractivity contribution in [3.8, 4) is 0 Å². The van der Waals surface area contributed by atoms with Gasteiger partial charge in [-0.15, -0.1) is 0 Å². The summed E-state index contributed by atoms with van der Waals surface area (Å²) >= 11 is 0. The van der Waals surface area contributed by atoms with E-state index in [1.807, 2.05) is 17.7 Å². The van der Waals surface area contributed by atoms with Crippen molar-refractivity contribution < 1.29 is 9.53 Å². The van der Waals surface area contributed by atoms with Gasteiger partial charge < -0.3 is 10.5 Å². The summed E-state index contributed by atoms with van der Waals surface area (Å²) in [6, 6.07) is 2.04. The first-order valence-electron chi connectivity index (χ1n) is 6.89. The molecule has 5 heteroatoms. The molecule has 1 saturated carbocycles. The van der Waals surface area contributed by atoms with Gasteiger partial charge in [0.05, 0.1) is 18.2 Å². The fourth-order valence-electron chi connectivity index (χ4n) is 2.88. The van der Waals surface area contributed by atoms with Gasteiger partial charge in [-0.1, -0.05) is 0 Å². The van der Waals surface area contributed by atoms with Crippen LogP contribution in [0.25, 0.3) is 0 Å². The zero-order valence-electron chi connectivity index (χ0n) is 12.0. The van der Waals surface area contributed by atoms with Crippen molar-refractivity contribution in [1.82, 2.24) is 9.78 Å². The third-order valence-corrected chi connectivity index (χ3v) is 4.10. The van der Waals surface area contributed by atoms with Crippen LogP contribution in [-0.4, -0.2) is 29.4 Å². The van der Waals surface area contributed by atoms with Crippen LogP contribution >= 0.6 is 0 Å². The number of aryl methyl sites for hydroxylation is 2. The van der Waals surface area contributed by atoms with E-state index in [4.69, 9.17) is 10.5 Å². The molecule has 2 rings (SSSR count). The summed E-state index contributed by atoms with van der Waals surface area (Å²) in [6.45, 7) is 5.15. The molecule has 5 nitrogen and oxygen atoms in total. The Kier molecular flexibility index (Phi) is 3.94. The van der Waals surface area contributed by atoms with Gasteiger partial charge in [0.25, 0.3) is 0 Å². The molecular formula is C14H23N3O2. The number of methoxy groups -OCH3 is 1. The molecule has 19 heavy (non-hydrogen) atoms. The van der Waals surface area contributed by atoms with Gasteiger partial charge in [0.1, 0.15) is 0 Å². The fraction of sp³-hybridized carbons (Fsp3) is 0.714. The lowest BCUT2D eigenvalue weighted by molar-refractivity contribution is -0.153. The quantitative estimate of drug-likeness (QED) is 0.787. The maximum absolute atomic E-state index is 12.2. The minimum atomic E-state index is -0.575. The summed E-state index contributed by atoms with van der Waals surface area (Å²) in [7, 11) is 1.44. The fourth-order valence-corrected chi connectivity index (χ4v) is 2.88. The molecule has 106 valence electrons. The molecule has 0 radical (unpaired) electrons. The van der Waals surface area contributed by atoms with Crippen LogP contribution < -0.4 is 5.73 Å². The lowest BCUT2D eigenvalue weighted by atomic mass is 9.78. The van der Waals surface area contributed by atoms with Crippen LogP contribution in [0.5, 0.6) is 0 Å². The molecule has 1 unspecified atom stereocenters. The molecule has 1 fully saturated rings. The van der Waals surface area contributed by atoms with E-state index in [-0.39, 0.29) is 5.97 Å². The molecule has 1 heterocycles. The lowest BCUT2D eigenvalue weighted by Crippen LogP contribution is -2.44. The molecule has 1 aromatic heterocycles. The average Bonchev–Trinajstić information content (AvgIpc) is 3.20. The minimum absolute atomic E-state index is 0.181. The van der Waals surface area contributed by atoms with Crippen LogP contribution in [0, 0.1) is 18.3 Å². The molecule has 1 aliphatic rings. The number of nitrogens with two attached hydrogens (primary N) is 1. The topological polar surface area (TPSA) is 70.1 Å². The van der Waals surface area contributed by atoms with Gasteiger partial charge in [-0.05, 0) is 38.7 Å².